The predicted molar refractivity (Wildman–Crippen MR) is 39.1 cm³/mol. The first kappa shape index (κ1) is 7.44. The van der Waals surface area contributed by atoms with Crippen LogP contribution in [-0.4, -0.2) is 8.76 Å². The summed E-state index contributed by atoms with van der Waals surface area (Å²) >= 11 is -1.97. The van der Waals surface area contributed by atoms with Gasteiger partial charge in [-0.05, 0) is 5.56 Å². The van der Waals surface area contributed by atoms with Crippen molar-refractivity contribution in [3.8, 4) is 0 Å². The van der Waals surface area contributed by atoms with Crippen molar-refractivity contribution in [3.63, 3.8) is 0 Å². The van der Waals surface area contributed by atoms with Gasteiger partial charge < -0.3 is 4.55 Å². The zero-order valence-electron chi connectivity index (χ0n) is 5.32. The molecule has 0 aliphatic carbocycles. The van der Waals surface area contributed by atoms with Crippen molar-refractivity contribution >= 4 is 11.1 Å². The van der Waals surface area contributed by atoms with Gasteiger partial charge in [0.1, 0.15) is 0 Å². The summed E-state index contributed by atoms with van der Waals surface area (Å²) in [7, 11) is 0. The lowest BCUT2D eigenvalue weighted by Gasteiger charge is -2.02. The van der Waals surface area contributed by atoms with E-state index in [1.54, 1.807) is 12.1 Å². The molecule has 1 aromatic rings. The van der Waals surface area contributed by atoms with Crippen LogP contribution in [0.15, 0.2) is 30.3 Å². The Balaban J connectivity index is 2.67. The highest BCUT2D eigenvalue weighted by Gasteiger charge is 1.87. The molecule has 54 valence electrons. The largest absolute Gasteiger partial charge is 0.772 e. The van der Waals surface area contributed by atoms with Gasteiger partial charge >= 0.3 is 0 Å². The van der Waals surface area contributed by atoms with Gasteiger partial charge in [0, 0.05) is 5.75 Å². The van der Waals surface area contributed by atoms with E-state index in [9.17, 15) is 8.76 Å². The van der Waals surface area contributed by atoms with Crippen molar-refractivity contribution in [2.75, 3.05) is 0 Å². The topological polar surface area (TPSA) is 40.1 Å². The maximum atomic E-state index is 10.2. The molecular formula is C7H7O2S-. The summed E-state index contributed by atoms with van der Waals surface area (Å²) in [4.78, 5) is 0. The average Bonchev–Trinajstić information content (AvgIpc) is 1.88. The summed E-state index contributed by atoms with van der Waals surface area (Å²) in [6.45, 7) is 0. The third-order valence-electron chi connectivity index (χ3n) is 1.13. The molecule has 0 aromatic heterocycles. The van der Waals surface area contributed by atoms with E-state index in [4.69, 9.17) is 0 Å². The lowest BCUT2D eigenvalue weighted by atomic mass is 10.2. The smallest absolute Gasteiger partial charge is 0.0353 e. The van der Waals surface area contributed by atoms with E-state index < -0.39 is 11.1 Å². The zero-order valence-corrected chi connectivity index (χ0v) is 6.14. The van der Waals surface area contributed by atoms with Crippen LogP contribution in [0.1, 0.15) is 5.56 Å². The Labute approximate surface area is 62.2 Å². The molecule has 0 radical (unpaired) electrons. The molecule has 1 unspecified atom stereocenters. The Morgan fingerprint density at radius 3 is 2.40 bits per heavy atom. The van der Waals surface area contributed by atoms with Crippen molar-refractivity contribution in [2.24, 2.45) is 0 Å². The fraction of sp³-hybridized carbons (Fsp3) is 0.143. The summed E-state index contributed by atoms with van der Waals surface area (Å²) in [5, 5.41) is 0. The van der Waals surface area contributed by atoms with E-state index in [0.29, 0.717) is 0 Å². The van der Waals surface area contributed by atoms with Crippen molar-refractivity contribution < 1.29 is 8.76 Å². The van der Waals surface area contributed by atoms with Crippen LogP contribution in [0.4, 0.5) is 0 Å². The molecule has 2 nitrogen and oxygen atoms in total. The molecule has 0 aliphatic heterocycles. The average molecular weight is 155 g/mol. The van der Waals surface area contributed by atoms with Gasteiger partial charge in [-0.3, -0.25) is 4.21 Å². The molecule has 0 spiro atoms. The fourth-order valence-electron chi connectivity index (χ4n) is 0.710. The minimum atomic E-state index is -1.97. The van der Waals surface area contributed by atoms with Gasteiger partial charge in [0.05, 0.1) is 0 Å². The van der Waals surface area contributed by atoms with E-state index in [1.807, 2.05) is 18.2 Å². The third-order valence-corrected chi connectivity index (χ3v) is 1.70. The Kier molecular flexibility index (Phi) is 2.59. The van der Waals surface area contributed by atoms with Crippen LogP contribution in [0.3, 0.4) is 0 Å². The maximum Gasteiger partial charge on any atom is 0.0353 e. The highest BCUT2D eigenvalue weighted by Crippen LogP contribution is 2.00. The zero-order chi connectivity index (χ0) is 7.40. The van der Waals surface area contributed by atoms with Crippen LogP contribution in [0.25, 0.3) is 0 Å². The van der Waals surface area contributed by atoms with Crippen LogP contribution in [-0.2, 0) is 16.8 Å². The van der Waals surface area contributed by atoms with E-state index in [1.165, 1.54) is 0 Å². The quantitative estimate of drug-likeness (QED) is 0.599. The van der Waals surface area contributed by atoms with Crippen LogP contribution >= 0.6 is 0 Å². The Morgan fingerprint density at radius 2 is 1.90 bits per heavy atom. The minimum Gasteiger partial charge on any atom is -0.772 e. The van der Waals surface area contributed by atoms with Crippen molar-refractivity contribution in [2.45, 2.75) is 5.75 Å². The van der Waals surface area contributed by atoms with Crippen molar-refractivity contribution in [1.82, 2.24) is 0 Å². The van der Waals surface area contributed by atoms with E-state index in [0.717, 1.165) is 5.56 Å². The molecule has 0 saturated heterocycles. The van der Waals surface area contributed by atoms with Crippen LogP contribution < -0.4 is 0 Å². The fourth-order valence-corrected chi connectivity index (χ4v) is 1.17. The number of hydrogen-bond donors (Lipinski definition) is 0. The molecule has 0 heterocycles. The van der Waals surface area contributed by atoms with Gasteiger partial charge in [-0.25, -0.2) is 0 Å². The second-order valence-electron chi connectivity index (χ2n) is 1.93. The van der Waals surface area contributed by atoms with Crippen LogP contribution in [0.5, 0.6) is 0 Å². The molecule has 0 bridgehead atoms. The monoisotopic (exact) mass is 155 g/mol. The summed E-state index contributed by atoms with van der Waals surface area (Å²) < 4.78 is 20.3. The van der Waals surface area contributed by atoms with Crippen molar-refractivity contribution in [3.05, 3.63) is 35.9 Å². The Hall–Kier alpha value is -0.670. The SMILES string of the molecule is O=S([O-])Cc1ccccc1. The van der Waals surface area contributed by atoms with Gasteiger partial charge in [-0.2, -0.15) is 0 Å². The minimum absolute atomic E-state index is 0.112. The van der Waals surface area contributed by atoms with Gasteiger partial charge in [-0.15, -0.1) is 0 Å². The molecule has 0 amide bonds. The Morgan fingerprint density at radius 1 is 1.30 bits per heavy atom. The second-order valence-corrected chi connectivity index (χ2v) is 2.83. The molecule has 0 fully saturated rings. The number of rotatable bonds is 2. The molecule has 0 N–H and O–H groups in total. The summed E-state index contributed by atoms with van der Waals surface area (Å²) in [6, 6.07) is 9.08. The first-order valence-electron chi connectivity index (χ1n) is 2.89. The predicted octanol–water partition coefficient (Wildman–Crippen LogP) is 1.07. The first-order chi connectivity index (χ1) is 4.79. The van der Waals surface area contributed by atoms with E-state index in [-0.39, 0.29) is 5.75 Å². The lowest BCUT2D eigenvalue weighted by Crippen LogP contribution is -1.91. The normalized spacial score (nSPS) is 12.9. The molecule has 0 aliphatic rings. The van der Waals surface area contributed by atoms with Gasteiger partial charge in [-0.1, -0.05) is 41.4 Å². The summed E-state index contributed by atoms with van der Waals surface area (Å²) in [6.07, 6.45) is 0. The van der Waals surface area contributed by atoms with Gasteiger partial charge in [0.15, 0.2) is 0 Å². The van der Waals surface area contributed by atoms with E-state index >= 15 is 0 Å². The molecule has 1 aromatic carbocycles. The maximum absolute atomic E-state index is 10.2. The van der Waals surface area contributed by atoms with E-state index in [2.05, 4.69) is 0 Å². The van der Waals surface area contributed by atoms with Crippen LogP contribution in [0.2, 0.25) is 0 Å². The van der Waals surface area contributed by atoms with Gasteiger partial charge in [0.2, 0.25) is 0 Å². The molecule has 0 saturated carbocycles. The standard InChI is InChI=1S/C7H8O2S/c8-10(9)6-7-4-2-1-3-5-7/h1-5H,6H2,(H,8,9)/p-1. The molecule has 1 rings (SSSR count). The highest BCUT2D eigenvalue weighted by atomic mass is 32.2. The number of benzene rings is 1. The molecule has 10 heavy (non-hydrogen) atoms. The van der Waals surface area contributed by atoms with Crippen LogP contribution in [0, 0.1) is 0 Å². The molecule has 1 atom stereocenters. The highest BCUT2D eigenvalue weighted by molar-refractivity contribution is 7.78. The van der Waals surface area contributed by atoms with Crippen molar-refractivity contribution in [1.29, 1.82) is 0 Å². The molecule has 3 heteroatoms. The third kappa shape index (κ3) is 2.29. The summed E-state index contributed by atoms with van der Waals surface area (Å²) in [5.41, 5.74) is 0.829. The molecular weight excluding hydrogens is 148 g/mol. The second kappa shape index (κ2) is 3.49. The summed E-state index contributed by atoms with van der Waals surface area (Å²) in [5.74, 6) is 0.112. The lowest BCUT2D eigenvalue weighted by molar-refractivity contribution is 0.536. The van der Waals surface area contributed by atoms with Gasteiger partial charge in [0.25, 0.3) is 0 Å². The first-order valence-corrected chi connectivity index (χ1v) is 4.13. The Bertz CT molecular complexity index is 220. The number of hydrogen-bond acceptors (Lipinski definition) is 2.